The van der Waals surface area contributed by atoms with E-state index in [1.54, 1.807) is 0 Å². The van der Waals surface area contributed by atoms with Gasteiger partial charge >= 0.3 is 0 Å². The van der Waals surface area contributed by atoms with Crippen molar-refractivity contribution in [2.45, 2.75) is 25.7 Å². The number of hydrogen-bond donors (Lipinski definition) is 2. The molecule has 1 aliphatic heterocycles. The van der Waals surface area contributed by atoms with E-state index in [4.69, 9.17) is 11.6 Å². The number of rotatable bonds is 2. The van der Waals surface area contributed by atoms with E-state index >= 15 is 0 Å². The largest absolute Gasteiger partial charge is 0.316 e. The van der Waals surface area contributed by atoms with Crippen molar-refractivity contribution in [3.05, 3.63) is 16.4 Å². The zero-order valence-electron chi connectivity index (χ0n) is 7.73. The summed E-state index contributed by atoms with van der Waals surface area (Å²) in [5, 5.41) is 11.4. The second kappa shape index (κ2) is 3.68. The van der Waals surface area contributed by atoms with E-state index in [0.717, 1.165) is 42.3 Å². The number of nitrogens with zero attached hydrogens (tertiary/aromatic N) is 1. The number of H-pyrrole nitrogens is 1. The van der Waals surface area contributed by atoms with Gasteiger partial charge in [-0.05, 0) is 19.4 Å². The zero-order valence-corrected chi connectivity index (χ0v) is 8.49. The molecule has 2 heterocycles. The average molecular weight is 200 g/mol. The molecule has 1 saturated heterocycles. The second-order valence-corrected chi connectivity index (χ2v) is 3.82. The van der Waals surface area contributed by atoms with E-state index in [0.29, 0.717) is 5.92 Å². The maximum absolute atomic E-state index is 6.18. The first kappa shape index (κ1) is 9.03. The van der Waals surface area contributed by atoms with Gasteiger partial charge in [-0.25, -0.2) is 0 Å². The summed E-state index contributed by atoms with van der Waals surface area (Å²) in [6.45, 7) is 4.17. The smallest absolute Gasteiger partial charge is 0.0855 e. The fourth-order valence-corrected chi connectivity index (χ4v) is 2.15. The number of aromatic nitrogens is 2. The summed E-state index contributed by atoms with van der Waals surface area (Å²) in [5.74, 6) is 0.504. The van der Waals surface area contributed by atoms with Crippen molar-refractivity contribution >= 4 is 11.6 Å². The number of aromatic amines is 1. The molecule has 13 heavy (non-hydrogen) atoms. The lowest BCUT2D eigenvalue weighted by atomic mass is 10.0. The van der Waals surface area contributed by atoms with E-state index in [-0.39, 0.29) is 0 Å². The van der Waals surface area contributed by atoms with Crippen molar-refractivity contribution in [2.24, 2.45) is 0 Å². The number of nitrogens with one attached hydrogen (secondary N) is 2. The highest BCUT2D eigenvalue weighted by molar-refractivity contribution is 6.31. The van der Waals surface area contributed by atoms with Gasteiger partial charge in [0.05, 0.1) is 16.4 Å². The minimum Gasteiger partial charge on any atom is -0.316 e. The van der Waals surface area contributed by atoms with Crippen LogP contribution in [0.25, 0.3) is 0 Å². The molecule has 0 bridgehead atoms. The van der Waals surface area contributed by atoms with Gasteiger partial charge in [-0.2, -0.15) is 5.10 Å². The van der Waals surface area contributed by atoms with E-state index in [2.05, 4.69) is 22.4 Å². The number of hydrogen-bond acceptors (Lipinski definition) is 2. The van der Waals surface area contributed by atoms with Gasteiger partial charge in [0, 0.05) is 12.5 Å². The van der Waals surface area contributed by atoms with E-state index in [9.17, 15) is 0 Å². The van der Waals surface area contributed by atoms with Crippen LogP contribution in [-0.4, -0.2) is 23.3 Å². The predicted octanol–water partition coefficient (Wildman–Crippen LogP) is 1.70. The summed E-state index contributed by atoms with van der Waals surface area (Å²) in [4.78, 5) is 0. The molecule has 2 rings (SSSR count). The monoisotopic (exact) mass is 199 g/mol. The van der Waals surface area contributed by atoms with Gasteiger partial charge in [-0.15, -0.1) is 0 Å². The molecule has 1 aliphatic rings. The van der Waals surface area contributed by atoms with Crippen molar-refractivity contribution in [2.75, 3.05) is 13.1 Å². The van der Waals surface area contributed by atoms with Crippen molar-refractivity contribution in [1.29, 1.82) is 0 Å². The van der Waals surface area contributed by atoms with Crippen LogP contribution < -0.4 is 5.32 Å². The normalized spacial score (nSPS) is 22.5. The Labute approximate surface area is 82.9 Å². The Hall–Kier alpha value is -0.540. The molecule has 1 atom stereocenters. The molecule has 1 unspecified atom stereocenters. The zero-order chi connectivity index (χ0) is 9.26. The lowest BCUT2D eigenvalue weighted by Crippen LogP contribution is -2.08. The van der Waals surface area contributed by atoms with E-state index in [1.807, 2.05) is 0 Å². The predicted molar refractivity (Wildman–Crippen MR) is 53.2 cm³/mol. The van der Waals surface area contributed by atoms with Crippen LogP contribution in [0, 0.1) is 0 Å². The highest BCUT2D eigenvalue weighted by Crippen LogP contribution is 2.29. The molecule has 1 aromatic rings. The van der Waals surface area contributed by atoms with Crippen LogP contribution in [0.1, 0.15) is 30.7 Å². The van der Waals surface area contributed by atoms with Gasteiger partial charge in [-0.1, -0.05) is 18.5 Å². The molecule has 1 fully saturated rings. The van der Waals surface area contributed by atoms with Crippen LogP contribution in [0.5, 0.6) is 0 Å². The van der Waals surface area contributed by atoms with Crippen molar-refractivity contribution in [3.8, 4) is 0 Å². The van der Waals surface area contributed by atoms with Gasteiger partial charge in [0.15, 0.2) is 0 Å². The van der Waals surface area contributed by atoms with Crippen molar-refractivity contribution < 1.29 is 0 Å². The van der Waals surface area contributed by atoms with Crippen LogP contribution in [0.4, 0.5) is 0 Å². The highest BCUT2D eigenvalue weighted by atomic mass is 35.5. The van der Waals surface area contributed by atoms with Crippen LogP contribution in [0.2, 0.25) is 5.02 Å². The summed E-state index contributed by atoms with van der Waals surface area (Å²) in [5.41, 5.74) is 2.10. The first-order valence-corrected chi connectivity index (χ1v) is 5.14. The standard InChI is InChI=1S/C9H14ClN3/c1-2-7-8(10)9(13-12-7)6-3-4-11-5-6/h6,11H,2-5H2,1H3,(H,12,13). The molecule has 0 saturated carbocycles. The van der Waals surface area contributed by atoms with E-state index < -0.39 is 0 Å². The lowest BCUT2D eigenvalue weighted by Gasteiger charge is -2.03. The quantitative estimate of drug-likeness (QED) is 0.762. The average Bonchev–Trinajstić information content (AvgIpc) is 2.72. The number of halogens is 1. The molecular formula is C9H14ClN3. The van der Waals surface area contributed by atoms with Crippen molar-refractivity contribution in [1.82, 2.24) is 15.5 Å². The highest BCUT2D eigenvalue weighted by Gasteiger charge is 2.22. The fraction of sp³-hybridized carbons (Fsp3) is 0.667. The Kier molecular flexibility index (Phi) is 2.56. The van der Waals surface area contributed by atoms with Crippen LogP contribution in [0.15, 0.2) is 0 Å². The Morgan fingerprint density at radius 2 is 2.46 bits per heavy atom. The molecule has 72 valence electrons. The molecule has 0 aromatic carbocycles. The molecule has 4 heteroatoms. The third-order valence-corrected chi connectivity index (χ3v) is 3.02. The molecule has 1 aromatic heterocycles. The minimum atomic E-state index is 0.504. The fourth-order valence-electron chi connectivity index (χ4n) is 1.77. The first-order chi connectivity index (χ1) is 6.33. The summed E-state index contributed by atoms with van der Waals surface area (Å²) in [6.07, 6.45) is 2.07. The lowest BCUT2D eigenvalue weighted by molar-refractivity contribution is 0.729. The molecule has 0 spiro atoms. The topological polar surface area (TPSA) is 40.7 Å². The third kappa shape index (κ3) is 1.58. The molecule has 0 amide bonds. The second-order valence-electron chi connectivity index (χ2n) is 3.44. The van der Waals surface area contributed by atoms with Crippen LogP contribution in [-0.2, 0) is 6.42 Å². The van der Waals surface area contributed by atoms with Crippen LogP contribution in [0.3, 0.4) is 0 Å². The summed E-state index contributed by atoms with van der Waals surface area (Å²) in [7, 11) is 0. The van der Waals surface area contributed by atoms with Gasteiger partial charge in [-0.3, -0.25) is 5.10 Å². The summed E-state index contributed by atoms with van der Waals surface area (Å²) in [6, 6.07) is 0. The number of aryl methyl sites for hydroxylation is 1. The SMILES string of the molecule is CCc1[nH]nc(C2CCNC2)c1Cl. The maximum atomic E-state index is 6.18. The minimum absolute atomic E-state index is 0.504. The van der Waals surface area contributed by atoms with Crippen LogP contribution >= 0.6 is 11.6 Å². The van der Waals surface area contributed by atoms with E-state index in [1.165, 1.54) is 0 Å². The first-order valence-electron chi connectivity index (χ1n) is 4.76. The molecule has 2 N–H and O–H groups in total. The molecular weight excluding hydrogens is 186 g/mol. The van der Waals surface area contributed by atoms with Gasteiger partial charge in [0.2, 0.25) is 0 Å². The molecule has 3 nitrogen and oxygen atoms in total. The Bertz CT molecular complexity index is 289. The van der Waals surface area contributed by atoms with Crippen molar-refractivity contribution in [3.63, 3.8) is 0 Å². The van der Waals surface area contributed by atoms with Gasteiger partial charge in [0.1, 0.15) is 0 Å². The summed E-state index contributed by atoms with van der Waals surface area (Å²) < 4.78 is 0. The molecule has 0 aliphatic carbocycles. The Balaban J connectivity index is 2.24. The third-order valence-electron chi connectivity index (χ3n) is 2.60. The summed E-state index contributed by atoms with van der Waals surface area (Å²) >= 11 is 6.18. The molecule has 0 radical (unpaired) electrons. The Morgan fingerprint density at radius 1 is 1.62 bits per heavy atom. The maximum Gasteiger partial charge on any atom is 0.0855 e. The Morgan fingerprint density at radius 3 is 3.00 bits per heavy atom. The van der Waals surface area contributed by atoms with Gasteiger partial charge in [0.25, 0.3) is 0 Å². The van der Waals surface area contributed by atoms with Gasteiger partial charge < -0.3 is 5.32 Å².